The summed E-state index contributed by atoms with van der Waals surface area (Å²) in [4.78, 5) is 11.8. The third kappa shape index (κ3) is 4.96. The standard InChI is InChI=1S/C19H29NO3/c1-4-18(14-8-12-17(22-3)13-9-14)20-16-10-6-15(7-11-16)19(21)23-5-2/h8-9,12-13,15-16,18,20H,4-7,10-11H2,1-3H3. The lowest BCUT2D eigenvalue weighted by Gasteiger charge is -2.31. The summed E-state index contributed by atoms with van der Waals surface area (Å²) < 4.78 is 10.4. The number of benzene rings is 1. The average Bonchev–Trinajstić information content (AvgIpc) is 2.60. The van der Waals surface area contributed by atoms with Crippen LogP contribution >= 0.6 is 0 Å². The quantitative estimate of drug-likeness (QED) is 0.775. The van der Waals surface area contributed by atoms with Gasteiger partial charge in [-0.3, -0.25) is 4.79 Å². The number of ether oxygens (including phenoxy) is 2. The molecule has 4 nitrogen and oxygen atoms in total. The third-order valence-corrected chi connectivity index (χ3v) is 4.71. The first-order valence-electron chi connectivity index (χ1n) is 8.74. The van der Waals surface area contributed by atoms with Gasteiger partial charge < -0.3 is 14.8 Å². The van der Waals surface area contributed by atoms with Crippen LogP contribution in [-0.4, -0.2) is 25.7 Å². The molecule has 2 rings (SSSR count). The van der Waals surface area contributed by atoms with Crippen molar-refractivity contribution in [2.75, 3.05) is 13.7 Å². The number of hydrogen-bond acceptors (Lipinski definition) is 4. The normalized spacial score (nSPS) is 22.4. The fraction of sp³-hybridized carbons (Fsp3) is 0.632. The topological polar surface area (TPSA) is 47.6 Å². The van der Waals surface area contributed by atoms with Crippen LogP contribution in [0.15, 0.2) is 24.3 Å². The number of nitrogens with one attached hydrogen (secondary N) is 1. The smallest absolute Gasteiger partial charge is 0.308 e. The van der Waals surface area contributed by atoms with Crippen LogP contribution in [0.3, 0.4) is 0 Å². The molecule has 4 heteroatoms. The lowest BCUT2D eigenvalue weighted by Crippen LogP contribution is -2.37. The molecule has 0 radical (unpaired) electrons. The van der Waals surface area contributed by atoms with Gasteiger partial charge in [0.05, 0.1) is 19.6 Å². The fourth-order valence-corrected chi connectivity index (χ4v) is 3.33. The number of carbonyl (C=O) groups excluding carboxylic acids is 1. The summed E-state index contributed by atoms with van der Waals surface area (Å²) in [5, 5.41) is 3.76. The van der Waals surface area contributed by atoms with Crippen LogP contribution in [0.2, 0.25) is 0 Å². The fourth-order valence-electron chi connectivity index (χ4n) is 3.33. The van der Waals surface area contributed by atoms with Crippen LogP contribution in [0.25, 0.3) is 0 Å². The summed E-state index contributed by atoms with van der Waals surface area (Å²) in [6, 6.07) is 9.11. The monoisotopic (exact) mass is 319 g/mol. The van der Waals surface area contributed by atoms with Gasteiger partial charge in [-0.2, -0.15) is 0 Å². The Labute approximate surface area is 139 Å². The van der Waals surface area contributed by atoms with E-state index in [4.69, 9.17) is 9.47 Å². The van der Waals surface area contributed by atoms with E-state index in [1.54, 1.807) is 7.11 Å². The van der Waals surface area contributed by atoms with Gasteiger partial charge in [0.1, 0.15) is 5.75 Å². The molecule has 0 bridgehead atoms. The molecule has 23 heavy (non-hydrogen) atoms. The first-order valence-corrected chi connectivity index (χ1v) is 8.74. The van der Waals surface area contributed by atoms with Gasteiger partial charge in [-0.15, -0.1) is 0 Å². The Morgan fingerprint density at radius 1 is 1.17 bits per heavy atom. The molecule has 128 valence electrons. The average molecular weight is 319 g/mol. The summed E-state index contributed by atoms with van der Waals surface area (Å²) >= 11 is 0. The first kappa shape index (κ1) is 17.8. The van der Waals surface area contributed by atoms with Crippen LogP contribution in [-0.2, 0) is 9.53 Å². The molecule has 0 saturated heterocycles. The molecular formula is C19H29NO3. The lowest BCUT2D eigenvalue weighted by molar-refractivity contribution is -0.149. The summed E-state index contributed by atoms with van der Waals surface area (Å²) in [7, 11) is 1.69. The lowest BCUT2D eigenvalue weighted by atomic mass is 9.85. The maximum Gasteiger partial charge on any atom is 0.308 e. The van der Waals surface area contributed by atoms with Crippen LogP contribution in [0.1, 0.15) is 57.6 Å². The van der Waals surface area contributed by atoms with Gasteiger partial charge in [-0.05, 0) is 56.7 Å². The Morgan fingerprint density at radius 3 is 2.35 bits per heavy atom. The van der Waals surface area contributed by atoms with Crippen molar-refractivity contribution in [3.8, 4) is 5.75 Å². The van der Waals surface area contributed by atoms with Gasteiger partial charge in [0.15, 0.2) is 0 Å². The largest absolute Gasteiger partial charge is 0.497 e. The van der Waals surface area contributed by atoms with Crippen molar-refractivity contribution in [3.05, 3.63) is 29.8 Å². The maximum absolute atomic E-state index is 11.8. The summed E-state index contributed by atoms with van der Waals surface area (Å²) in [6.45, 7) is 4.55. The third-order valence-electron chi connectivity index (χ3n) is 4.71. The summed E-state index contributed by atoms with van der Waals surface area (Å²) in [6.07, 6.45) is 4.97. The van der Waals surface area contributed by atoms with E-state index in [1.165, 1.54) is 5.56 Å². The van der Waals surface area contributed by atoms with Crippen molar-refractivity contribution < 1.29 is 14.3 Å². The van der Waals surface area contributed by atoms with Gasteiger partial charge in [-0.1, -0.05) is 19.1 Å². The number of hydrogen-bond donors (Lipinski definition) is 1. The van der Waals surface area contributed by atoms with E-state index >= 15 is 0 Å². The second kappa shape index (κ2) is 8.92. The number of esters is 1. The first-order chi connectivity index (χ1) is 11.2. The molecule has 1 N–H and O–H groups in total. The molecule has 1 unspecified atom stereocenters. The van der Waals surface area contributed by atoms with Crippen LogP contribution in [0, 0.1) is 5.92 Å². The van der Waals surface area contributed by atoms with Crippen molar-refractivity contribution in [1.82, 2.24) is 5.32 Å². The Bertz CT molecular complexity index is 478. The van der Waals surface area contributed by atoms with Crippen molar-refractivity contribution in [1.29, 1.82) is 0 Å². The van der Waals surface area contributed by atoms with E-state index in [1.807, 2.05) is 19.1 Å². The molecule has 1 aromatic carbocycles. The second-order valence-corrected chi connectivity index (χ2v) is 6.20. The van der Waals surface area contributed by atoms with E-state index < -0.39 is 0 Å². The van der Waals surface area contributed by atoms with Crippen molar-refractivity contribution in [2.45, 2.75) is 58.0 Å². The molecule has 1 atom stereocenters. The highest BCUT2D eigenvalue weighted by Crippen LogP contribution is 2.28. The number of rotatable bonds is 7. The highest BCUT2D eigenvalue weighted by atomic mass is 16.5. The summed E-state index contributed by atoms with van der Waals surface area (Å²) in [5.74, 6) is 0.959. The Hall–Kier alpha value is -1.55. The Kier molecular flexibility index (Phi) is 6.90. The molecule has 1 fully saturated rings. The summed E-state index contributed by atoms with van der Waals surface area (Å²) in [5.41, 5.74) is 1.29. The van der Waals surface area contributed by atoms with Gasteiger partial charge >= 0.3 is 5.97 Å². The molecule has 1 saturated carbocycles. The van der Waals surface area contributed by atoms with E-state index in [0.717, 1.165) is 37.9 Å². The molecule has 0 aromatic heterocycles. The molecular weight excluding hydrogens is 290 g/mol. The molecule has 0 amide bonds. The van der Waals surface area contributed by atoms with E-state index in [0.29, 0.717) is 18.7 Å². The van der Waals surface area contributed by atoms with Crippen molar-refractivity contribution in [3.63, 3.8) is 0 Å². The molecule has 0 heterocycles. The second-order valence-electron chi connectivity index (χ2n) is 6.20. The SMILES string of the molecule is CCOC(=O)C1CCC(NC(CC)c2ccc(OC)cc2)CC1. The van der Waals surface area contributed by atoms with Crippen LogP contribution in [0.5, 0.6) is 5.75 Å². The van der Waals surface area contributed by atoms with E-state index in [9.17, 15) is 4.79 Å². The maximum atomic E-state index is 11.8. The van der Waals surface area contributed by atoms with Crippen molar-refractivity contribution >= 4 is 5.97 Å². The zero-order valence-corrected chi connectivity index (χ0v) is 14.5. The molecule has 0 aliphatic heterocycles. The Morgan fingerprint density at radius 2 is 1.83 bits per heavy atom. The minimum atomic E-state index is -0.0202. The molecule has 1 aromatic rings. The molecule has 0 spiro atoms. The predicted octanol–water partition coefficient (Wildman–Crippen LogP) is 3.86. The highest BCUT2D eigenvalue weighted by Gasteiger charge is 2.28. The zero-order chi connectivity index (χ0) is 16.7. The van der Waals surface area contributed by atoms with Crippen molar-refractivity contribution in [2.24, 2.45) is 5.92 Å². The highest BCUT2D eigenvalue weighted by molar-refractivity contribution is 5.72. The number of carbonyl (C=O) groups is 1. The van der Waals surface area contributed by atoms with Gasteiger partial charge in [0, 0.05) is 12.1 Å². The minimum Gasteiger partial charge on any atom is -0.497 e. The molecule has 1 aliphatic carbocycles. The minimum absolute atomic E-state index is 0.0202. The van der Waals surface area contributed by atoms with Crippen LogP contribution < -0.4 is 10.1 Å². The van der Waals surface area contributed by atoms with Gasteiger partial charge in [0.2, 0.25) is 0 Å². The zero-order valence-electron chi connectivity index (χ0n) is 14.5. The van der Waals surface area contributed by atoms with E-state index in [-0.39, 0.29) is 11.9 Å². The Balaban J connectivity index is 1.86. The van der Waals surface area contributed by atoms with Gasteiger partial charge in [-0.25, -0.2) is 0 Å². The molecule has 1 aliphatic rings. The van der Waals surface area contributed by atoms with Gasteiger partial charge in [0.25, 0.3) is 0 Å². The van der Waals surface area contributed by atoms with E-state index in [2.05, 4.69) is 24.4 Å². The number of methoxy groups -OCH3 is 1. The predicted molar refractivity (Wildman–Crippen MR) is 91.5 cm³/mol. The van der Waals surface area contributed by atoms with Crippen LogP contribution in [0.4, 0.5) is 0 Å².